The molecule has 184 valence electrons. The van der Waals surface area contributed by atoms with E-state index in [2.05, 4.69) is 15.0 Å². The normalized spacial score (nSPS) is 21.2. The monoisotopic (exact) mass is 507 g/mol. The molecule has 2 aromatic carbocycles. The molecule has 1 saturated heterocycles. The minimum atomic E-state index is -2.21. The highest BCUT2D eigenvalue weighted by atomic mass is 31.2. The Hall–Kier alpha value is -3.44. The van der Waals surface area contributed by atoms with Gasteiger partial charge < -0.3 is 33.7 Å². The van der Waals surface area contributed by atoms with E-state index in [4.69, 9.17) is 9.05 Å². The molecule has 4 N–H and O–H groups in total. The van der Waals surface area contributed by atoms with E-state index in [0.717, 1.165) is 16.8 Å². The third kappa shape index (κ3) is 4.01. The Morgan fingerprint density at radius 3 is 2.50 bits per heavy atom. The molecule has 4 heterocycles. The third-order valence-electron chi connectivity index (χ3n) is 6.12. The maximum absolute atomic E-state index is 13.5. The van der Waals surface area contributed by atoms with Crippen molar-refractivity contribution in [3.05, 3.63) is 77.2 Å². The first-order chi connectivity index (χ1) is 17.5. The zero-order chi connectivity index (χ0) is 24.8. The maximum Gasteiger partial charge on any atom is 0.330 e. The smallest absolute Gasteiger partial charge is 0.330 e. The molecule has 3 unspecified atom stereocenters. The van der Waals surface area contributed by atoms with Crippen LogP contribution in [-0.2, 0) is 15.6 Å². The fraction of sp³-hybridized carbons (Fsp3) is 0.208. The number of rotatable bonds is 5. The number of H-pyrrole nitrogens is 1. The fourth-order valence-electron chi connectivity index (χ4n) is 4.36. The molecule has 1 aliphatic rings. The summed E-state index contributed by atoms with van der Waals surface area (Å²) in [7, 11) is -2.21. The summed E-state index contributed by atoms with van der Waals surface area (Å²) in [4.78, 5) is 35.7. The standard InChI is InChI=1S/C24H22N5O6P/c30-17(20-18(31)13-34-36(33)35-20)12-28-21(15-9-5-2-6-10-15)26-19-22(28)27-24-25-16(11-29(24)23(19)32)14-7-3-1-4-8-14/h1-11,17-18,20,30-31,33H,12-13H2,(H,25,27)/t17-,18?,20?,36?/m1/s1. The van der Waals surface area contributed by atoms with Crippen LogP contribution in [0.5, 0.6) is 0 Å². The second kappa shape index (κ2) is 9.21. The number of aliphatic hydroxyl groups is 2. The summed E-state index contributed by atoms with van der Waals surface area (Å²) in [5.74, 6) is 0.751. The quantitative estimate of drug-likeness (QED) is 0.265. The predicted octanol–water partition coefficient (Wildman–Crippen LogP) is 2.06. The van der Waals surface area contributed by atoms with Gasteiger partial charge >= 0.3 is 8.60 Å². The van der Waals surface area contributed by atoms with Crippen LogP contribution in [0.25, 0.3) is 39.6 Å². The van der Waals surface area contributed by atoms with Crippen molar-refractivity contribution in [2.45, 2.75) is 24.9 Å². The largest absolute Gasteiger partial charge is 0.388 e. The van der Waals surface area contributed by atoms with Crippen LogP contribution in [-0.4, -0.2) is 63.9 Å². The number of hydrogen-bond donors (Lipinski definition) is 4. The van der Waals surface area contributed by atoms with Crippen LogP contribution in [0.3, 0.4) is 0 Å². The molecule has 36 heavy (non-hydrogen) atoms. The molecule has 4 atom stereocenters. The van der Waals surface area contributed by atoms with E-state index in [0.29, 0.717) is 11.6 Å². The van der Waals surface area contributed by atoms with E-state index in [1.807, 2.05) is 60.7 Å². The number of benzene rings is 2. The van der Waals surface area contributed by atoms with E-state index in [1.54, 1.807) is 10.8 Å². The summed E-state index contributed by atoms with van der Waals surface area (Å²) in [5.41, 5.74) is 2.38. The Kier molecular flexibility index (Phi) is 5.88. The molecule has 12 heteroatoms. The minimum absolute atomic E-state index is 0.0967. The van der Waals surface area contributed by atoms with Crippen LogP contribution in [0.15, 0.2) is 71.7 Å². The topological polar surface area (TPSA) is 147 Å². The first-order valence-electron chi connectivity index (χ1n) is 11.3. The van der Waals surface area contributed by atoms with Crippen molar-refractivity contribution in [1.29, 1.82) is 0 Å². The molecule has 1 aliphatic heterocycles. The van der Waals surface area contributed by atoms with Crippen molar-refractivity contribution in [1.82, 2.24) is 23.9 Å². The Bertz CT molecular complexity index is 1590. The summed E-state index contributed by atoms with van der Waals surface area (Å²) in [6.45, 7) is -0.258. The average molecular weight is 507 g/mol. The highest BCUT2D eigenvalue weighted by molar-refractivity contribution is 7.40. The average Bonchev–Trinajstić information content (AvgIpc) is 3.49. The first kappa shape index (κ1) is 23.0. The molecular weight excluding hydrogens is 485 g/mol. The highest BCUT2D eigenvalue weighted by Crippen LogP contribution is 2.40. The lowest BCUT2D eigenvalue weighted by atomic mass is 10.1. The molecule has 11 nitrogen and oxygen atoms in total. The van der Waals surface area contributed by atoms with Gasteiger partial charge in [0.15, 0.2) is 11.2 Å². The molecule has 3 aromatic heterocycles. The van der Waals surface area contributed by atoms with Gasteiger partial charge in [-0.25, -0.2) is 9.38 Å². The maximum atomic E-state index is 13.5. The molecular formula is C24H22N5O6P. The van der Waals surface area contributed by atoms with Crippen molar-refractivity contribution >= 4 is 25.5 Å². The van der Waals surface area contributed by atoms with Crippen LogP contribution in [0, 0.1) is 0 Å². The number of nitrogens with zero attached hydrogens (tertiary/aromatic N) is 4. The third-order valence-corrected chi connectivity index (χ3v) is 6.91. The molecule has 5 aromatic rings. The highest BCUT2D eigenvalue weighted by Gasteiger charge is 2.37. The molecule has 0 aliphatic carbocycles. The van der Waals surface area contributed by atoms with Crippen molar-refractivity contribution in [2.24, 2.45) is 0 Å². The fourth-order valence-corrected chi connectivity index (χ4v) is 5.19. The molecule has 1 fully saturated rings. The van der Waals surface area contributed by atoms with Gasteiger partial charge in [0.1, 0.15) is 24.1 Å². The number of aromatic nitrogens is 5. The van der Waals surface area contributed by atoms with Gasteiger partial charge in [-0.15, -0.1) is 0 Å². The van der Waals surface area contributed by atoms with Crippen molar-refractivity contribution in [2.75, 3.05) is 6.61 Å². The summed E-state index contributed by atoms with van der Waals surface area (Å²) < 4.78 is 13.3. The van der Waals surface area contributed by atoms with Crippen molar-refractivity contribution in [3.63, 3.8) is 0 Å². The minimum Gasteiger partial charge on any atom is -0.388 e. The van der Waals surface area contributed by atoms with E-state index in [9.17, 15) is 19.9 Å². The van der Waals surface area contributed by atoms with Gasteiger partial charge in [0.05, 0.1) is 18.8 Å². The van der Waals surface area contributed by atoms with Crippen molar-refractivity contribution < 1.29 is 24.2 Å². The van der Waals surface area contributed by atoms with E-state index >= 15 is 0 Å². The lowest BCUT2D eigenvalue weighted by Crippen LogP contribution is -2.45. The molecule has 0 spiro atoms. The molecule has 0 radical (unpaired) electrons. The van der Waals surface area contributed by atoms with Gasteiger partial charge in [-0.05, 0) is 5.56 Å². The molecule has 0 saturated carbocycles. The van der Waals surface area contributed by atoms with Crippen LogP contribution < -0.4 is 5.56 Å². The summed E-state index contributed by atoms with van der Waals surface area (Å²) in [5, 5.41) is 21.3. The van der Waals surface area contributed by atoms with E-state index < -0.39 is 26.9 Å². The number of nitrogens with one attached hydrogen (secondary N) is 1. The Balaban J connectivity index is 1.50. The van der Waals surface area contributed by atoms with E-state index in [1.165, 1.54) is 4.40 Å². The lowest BCUT2D eigenvalue weighted by Gasteiger charge is -2.33. The number of imidazole rings is 2. The summed E-state index contributed by atoms with van der Waals surface area (Å²) >= 11 is 0. The lowest BCUT2D eigenvalue weighted by molar-refractivity contribution is -0.0950. The van der Waals surface area contributed by atoms with Gasteiger partial charge in [-0.1, -0.05) is 60.7 Å². The van der Waals surface area contributed by atoms with Crippen LogP contribution >= 0.6 is 8.60 Å². The Labute approximate surface area is 205 Å². The summed E-state index contributed by atoms with van der Waals surface area (Å²) in [6.07, 6.45) is -1.78. The van der Waals surface area contributed by atoms with Gasteiger partial charge in [-0.2, -0.15) is 4.98 Å². The SMILES string of the molecule is O=c1c2nc(-c3ccccc3)n(C[C@@H](O)C3OP(O)OCC3O)c2nc2[nH]c(-c3ccccc3)cn12. The summed E-state index contributed by atoms with van der Waals surface area (Å²) in [6, 6.07) is 18.8. The zero-order valence-electron chi connectivity index (χ0n) is 18.8. The van der Waals surface area contributed by atoms with Gasteiger partial charge in [0.25, 0.3) is 5.56 Å². The van der Waals surface area contributed by atoms with Crippen LogP contribution in [0.2, 0.25) is 0 Å². The zero-order valence-corrected chi connectivity index (χ0v) is 19.7. The first-order valence-corrected chi connectivity index (χ1v) is 12.4. The second-order valence-electron chi connectivity index (χ2n) is 8.47. The van der Waals surface area contributed by atoms with Gasteiger partial charge in [0, 0.05) is 11.8 Å². The predicted molar refractivity (Wildman–Crippen MR) is 132 cm³/mol. The van der Waals surface area contributed by atoms with Crippen molar-refractivity contribution in [3.8, 4) is 22.6 Å². The van der Waals surface area contributed by atoms with Crippen LogP contribution in [0.1, 0.15) is 0 Å². The number of aliphatic hydroxyl groups excluding tert-OH is 2. The molecule has 0 bridgehead atoms. The molecule has 6 rings (SSSR count). The van der Waals surface area contributed by atoms with Gasteiger partial charge in [-0.3, -0.25) is 4.79 Å². The van der Waals surface area contributed by atoms with E-state index in [-0.39, 0.29) is 29.9 Å². The Morgan fingerprint density at radius 1 is 1.08 bits per heavy atom. The second-order valence-corrected chi connectivity index (χ2v) is 9.41. The number of aromatic amines is 1. The van der Waals surface area contributed by atoms with Gasteiger partial charge in [0.2, 0.25) is 5.78 Å². The Morgan fingerprint density at radius 2 is 1.78 bits per heavy atom. The van der Waals surface area contributed by atoms with Crippen LogP contribution in [0.4, 0.5) is 0 Å². The number of fused-ring (bicyclic) bond motifs is 2. The number of hydrogen-bond acceptors (Lipinski definition) is 8. The molecule has 0 amide bonds.